The third-order valence-electron chi connectivity index (χ3n) is 4.60. The molecule has 0 saturated carbocycles. The first-order chi connectivity index (χ1) is 15.8. The highest BCUT2D eigenvalue weighted by Crippen LogP contribution is 2.31. The molecule has 0 heterocycles. The maximum atomic E-state index is 10.9. The van der Waals surface area contributed by atoms with E-state index in [0.717, 1.165) is 34.1 Å². The summed E-state index contributed by atoms with van der Waals surface area (Å²) in [5.74, 6) is 0.189. The number of carbonyl (C=O) groups is 1. The quantitative estimate of drug-likeness (QED) is 0.265. The van der Waals surface area contributed by atoms with Crippen molar-refractivity contribution in [3.63, 3.8) is 0 Å². The first-order valence-electron chi connectivity index (χ1n) is 10.7. The molecular formula is C26H31N3O3S. The molecule has 33 heavy (non-hydrogen) atoms. The lowest BCUT2D eigenvalue weighted by Gasteiger charge is -2.09. The fourth-order valence-corrected chi connectivity index (χ4v) is 3.77. The summed E-state index contributed by atoms with van der Waals surface area (Å²) in [5.41, 5.74) is 8.61. The first kappa shape index (κ1) is 25.9. The molecule has 2 aromatic carbocycles. The van der Waals surface area contributed by atoms with Crippen LogP contribution in [0, 0.1) is 0 Å². The molecular weight excluding hydrogens is 434 g/mol. The van der Waals surface area contributed by atoms with Gasteiger partial charge in [0.25, 0.3) is 0 Å². The van der Waals surface area contributed by atoms with Gasteiger partial charge in [-0.15, -0.1) is 0 Å². The first-order valence-corrected chi connectivity index (χ1v) is 11.5. The van der Waals surface area contributed by atoms with E-state index in [1.807, 2.05) is 51.1 Å². The average molecular weight is 466 g/mol. The number of rotatable bonds is 10. The van der Waals surface area contributed by atoms with Gasteiger partial charge >= 0.3 is 0 Å². The second-order valence-electron chi connectivity index (χ2n) is 7.37. The number of aryl methyl sites for hydroxylation is 1. The fourth-order valence-electron chi connectivity index (χ4n) is 3.01. The topological polar surface area (TPSA) is 97.3 Å². The number of phenols is 1. The largest absolute Gasteiger partial charge is 0.504 e. The van der Waals surface area contributed by atoms with Crippen molar-refractivity contribution < 1.29 is 14.6 Å². The molecule has 174 valence electrons. The molecule has 0 aliphatic carbocycles. The van der Waals surface area contributed by atoms with Crippen LogP contribution in [0.5, 0.6) is 11.5 Å². The zero-order valence-corrected chi connectivity index (χ0v) is 20.4. The number of aliphatic imine (C=N–C) groups is 2. The third-order valence-corrected chi connectivity index (χ3v) is 5.50. The summed E-state index contributed by atoms with van der Waals surface area (Å²) in [7, 11) is 1.52. The Hall–Kier alpha value is -3.32. The van der Waals surface area contributed by atoms with E-state index in [0.29, 0.717) is 17.9 Å². The van der Waals surface area contributed by atoms with Crippen molar-refractivity contribution >= 4 is 34.1 Å². The normalized spacial score (nSPS) is 12.9. The SMILES string of the molecule is C\C=C/N=C(C)\C=C(/N=C(C)Sc1ccc(CCCC(N)=O)cc1)c1ccc(OC)c(O)c1. The van der Waals surface area contributed by atoms with Gasteiger partial charge in [0.15, 0.2) is 11.5 Å². The molecule has 0 atom stereocenters. The van der Waals surface area contributed by atoms with Crippen LogP contribution in [0.25, 0.3) is 5.70 Å². The Balaban J connectivity index is 2.25. The van der Waals surface area contributed by atoms with Crippen molar-refractivity contribution in [1.29, 1.82) is 0 Å². The summed E-state index contributed by atoms with van der Waals surface area (Å²) in [4.78, 5) is 21.1. The molecule has 1 amide bonds. The Labute approximate surface area is 200 Å². The molecule has 0 aliphatic heterocycles. The van der Waals surface area contributed by atoms with E-state index in [1.54, 1.807) is 30.1 Å². The minimum atomic E-state index is -0.269. The van der Waals surface area contributed by atoms with Crippen molar-refractivity contribution in [3.8, 4) is 11.5 Å². The van der Waals surface area contributed by atoms with Crippen LogP contribution in [0.1, 0.15) is 44.7 Å². The van der Waals surface area contributed by atoms with Crippen molar-refractivity contribution in [1.82, 2.24) is 0 Å². The Bertz CT molecular complexity index is 1070. The highest BCUT2D eigenvalue weighted by molar-refractivity contribution is 8.13. The van der Waals surface area contributed by atoms with Crippen LogP contribution in [0.15, 0.2) is 75.7 Å². The minimum absolute atomic E-state index is 0.0522. The number of allylic oxidation sites excluding steroid dienone is 2. The number of nitrogens with two attached hydrogens (primary N) is 1. The minimum Gasteiger partial charge on any atom is -0.504 e. The monoisotopic (exact) mass is 465 g/mol. The van der Waals surface area contributed by atoms with E-state index in [9.17, 15) is 9.90 Å². The Kier molecular flexibility index (Phi) is 10.4. The van der Waals surface area contributed by atoms with Crippen molar-refractivity contribution in [3.05, 3.63) is 71.9 Å². The highest BCUT2D eigenvalue weighted by atomic mass is 32.2. The Morgan fingerprint density at radius 2 is 1.91 bits per heavy atom. The van der Waals surface area contributed by atoms with Crippen LogP contribution in [-0.4, -0.2) is 28.9 Å². The number of hydrogen-bond acceptors (Lipinski definition) is 6. The number of carbonyl (C=O) groups excluding carboxylic acids is 1. The van der Waals surface area contributed by atoms with E-state index in [2.05, 4.69) is 17.1 Å². The number of hydrogen-bond donors (Lipinski definition) is 2. The van der Waals surface area contributed by atoms with E-state index in [4.69, 9.17) is 15.5 Å². The molecule has 0 unspecified atom stereocenters. The number of phenolic OH excluding ortho intramolecular Hbond substituents is 1. The van der Waals surface area contributed by atoms with Gasteiger partial charge in [-0.25, -0.2) is 4.99 Å². The number of ether oxygens (including phenoxy) is 1. The number of benzene rings is 2. The molecule has 0 fully saturated rings. The second-order valence-corrected chi connectivity index (χ2v) is 8.63. The molecule has 0 bridgehead atoms. The van der Waals surface area contributed by atoms with Gasteiger partial charge in [-0.1, -0.05) is 30.0 Å². The average Bonchev–Trinajstić information content (AvgIpc) is 2.78. The lowest BCUT2D eigenvalue weighted by atomic mass is 10.1. The number of amides is 1. The zero-order chi connectivity index (χ0) is 24.2. The third kappa shape index (κ3) is 8.98. The van der Waals surface area contributed by atoms with E-state index in [1.165, 1.54) is 12.7 Å². The number of methoxy groups -OCH3 is 1. The van der Waals surface area contributed by atoms with Gasteiger partial charge in [0.2, 0.25) is 5.91 Å². The molecule has 2 aromatic rings. The van der Waals surface area contributed by atoms with E-state index in [-0.39, 0.29) is 11.7 Å². The molecule has 6 nitrogen and oxygen atoms in total. The molecule has 3 N–H and O–H groups in total. The predicted octanol–water partition coefficient (Wildman–Crippen LogP) is 5.75. The van der Waals surface area contributed by atoms with Crippen LogP contribution >= 0.6 is 11.8 Å². The van der Waals surface area contributed by atoms with Gasteiger partial charge in [0.1, 0.15) is 0 Å². The molecule has 2 rings (SSSR count). The maximum absolute atomic E-state index is 10.9. The van der Waals surface area contributed by atoms with E-state index >= 15 is 0 Å². The standard InChI is InChI=1S/C26H31N3O3S/c1-5-15-28-18(2)16-23(21-11-14-25(32-4)24(30)17-21)29-19(3)33-22-12-9-20(10-13-22)7-6-8-26(27)31/h5,9-17,30H,6-8H2,1-4H3,(H2,27,31)/b15-5-,23-16-,28-18-,29-19?. The van der Waals surface area contributed by atoms with Gasteiger partial charge in [-0.3, -0.25) is 9.79 Å². The molecule has 7 heteroatoms. The zero-order valence-electron chi connectivity index (χ0n) is 19.5. The summed E-state index contributed by atoms with van der Waals surface area (Å²) in [6.45, 7) is 5.75. The number of thioether (sulfide) groups is 1. The summed E-state index contributed by atoms with van der Waals surface area (Å²) < 4.78 is 5.15. The van der Waals surface area contributed by atoms with Gasteiger partial charge < -0.3 is 15.6 Å². The number of aromatic hydroxyl groups is 1. The van der Waals surface area contributed by atoms with E-state index < -0.39 is 0 Å². The van der Waals surface area contributed by atoms with Crippen LogP contribution in [-0.2, 0) is 11.2 Å². The lowest BCUT2D eigenvalue weighted by Crippen LogP contribution is -2.10. The van der Waals surface area contributed by atoms with Crippen LogP contribution < -0.4 is 10.5 Å². The van der Waals surface area contributed by atoms with Gasteiger partial charge in [0, 0.05) is 28.8 Å². The van der Waals surface area contributed by atoms with Crippen LogP contribution in [0.3, 0.4) is 0 Å². The highest BCUT2D eigenvalue weighted by Gasteiger charge is 2.08. The number of nitrogens with zero attached hydrogens (tertiary/aromatic N) is 2. The molecule has 0 aliphatic rings. The fraction of sp³-hybridized carbons (Fsp3) is 0.269. The summed E-state index contributed by atoms with van der Waals surface area (Å²) in [6.07, 6.45) is 7.44. The summed E-state index contributed by atoms with van der Waals surface area (Å²) in [5, 5.41) is 11.1. The Morgan fingerprint density at radius 3 is 2.52 bits per heavy atom. The van der Waals surface area contributed by atoms with Gasteiger partial charge in [-0.05, 0) is 75.6 Å². The molecule has 0 saturated heterocycles. The maximum Gasteiger partial charge on any atom is 0.217 e. The second kappa shape index (κ2) is 13.3. The summed E-state index contributed by atoms with van der Waals surface area (Å²) in [6, 6.07) is 13.4. The van der Waals surface area contributed by atoms with Crippen molar-refractivity contribution in [2.75, 3.05) is 7.11 Å². The lowest BCUT2D eigenvalue weighted by molar-refractivity contribution is -0.118. The van der Waals surface area contributed by atoms with Gasteiger partial charge in [0.05, 0.1) is 17.9 Å². The number of primary amides is 1. The summed E-state index contributed by atoms with van der Waals surface area (Å²) >= 11 is 1.55. The predicted molar refractivity (Wildman–Crippen MR) is 138 cm³/mol. The van der Waals surface area contributed by atoms with Crippen LogP contribution in [0.4, 0.5) is 0 Å². The molecule has 0 spiro atoms. The molecule has 0 radical (unpaired) electrons. The smallest absolute Gasteiger partial charge is 0.217 e. The Morgan fingerprint density at radius 1 is 1.18 bits per heavy atom. The molecule has 0 aromatic heterocycles. The van der Waals surface area contributed by atoms with Gasteiger partial charge in [-0.2, -0.15) is 0 Å². The van der Waals surface area contributed by atoms with Crippen molar-refractivity contribution in [2.24, 2.45) is 15.7 Å². The van der Waals surface area contributed by atoms with Crippen LogP contribution in [0.2, 0.25) is 0 Å². The van der Waals surface area contributed by atoms with Crippen molar-refractivity contribution in [2.45, 2.75) is 44.9 Å².